The molecule has 20 heavy (non-hydrogen) atoms. The van der Waals surface area contributed by atoms with Gasteiger partial charge < -0.3 is 14.4 Å². The van der Waals surface area contributed by atoms with Gasteiger partial charge >= 0.3 is 0 Å². The molecule has 0 amide bonds. The smallest absolute Gasteiger partial charge is 0.218 e. The summed E-state index contributed by atoms with van der Waals surface area (Å²) in [5, 5.41) is 0. The topological polar surface area (TPSA) is 60.4 Å². The molecule has 0 atom stereocenters. The zero-order valence-corrected chi connectivity index (χ0v) is 11.3. The molecular weight excluding hydrogens is 256 g/mol. The van der Waals surface area contributed by atoms with Crippen molar-refractivity contribution in [1.82, 2.24) is 15.0 Å². The van der Waals surface area contributed by atoms with Gasteiger partial charge in [-0.3, -0.25) is 4.98 Å². The number of methoxy groups -OCH3 is 1. The Labute approximate surface area is 117 Å². The van der Waals surface area contributed by atoms with E-state index in [9.17, 15) is 0 Å². The lowest BCUT2D eigenvalue weighted by molar-refractivity contribution is 0.219. The van der Waals surface area contributed by atoms with Crippen molar-refractivity contribution in [2.75, 3.05) is 31.7 Å². The molecule has 1 saturated heterocycles. The first-order valence-corrected chi connectivity index (χ1v) is 6.49. The van der Waals surface area contributed by atoms with Gasteiger partial charge in [-0.15, -0.1) is 0 Å². The van der Waals surface area contributed by atoms with Gasteiger partial charge in [-0.1, -0.05) is 0 Å². The van der Waals surface area contributed by atoms with Crippen molar-refractivity contribution >= 4 is 5.82 Å². The highest BCUT2D eigenvalue weighted by Gasteiger charge is 2.28. The van der Waals surface area contributed by atoms with Crippen LogP contribution in [0.3, 0.4) is 0 Å². The van der Waals surface area contributed by atoms with Gasteiger partial charge in [0.15, 0.2) is 0 Å². The summed E-state index contributed by atoms with van der Waals surface area (Å²) < 4.78 is 10.8. The first-order chi connectivity index (χ1) is 9.85. The number of aromatic nitrogens is 3. The second kappa shape index (κ2) is 5.73. The Balaban J connectivity index is 1.49. The molecule has 104 valence electrons. The maximum absolute atomic E-state index is 5.69. The van der Waals surface area contributed by atoms with Gasteiger partial charge in [0.2, 0.25) is 5.88 Å². The third kappa shape index (κ3) is 2.79. The largest absolute Gasteiger partial charge is 0.492 e. The summed E-state index contributed by atoms with van der Waals surface area (Å²) in [6.07, 6.45) is 4.99. The lowest BCUT2D eigenvalue weighted by Crippen LogP contribution is -2.49. The normalized spacial score (nSPS) is 14.8. The predicted molar refractivity (Wildman–Crippen MR) is 74.0 cm³/mol. The van der Waals surface area contributed by atoms with E-state index >= 15 is 0 Å². The van der Waals surface area contributed by atoms with Crippen LogP contribution in [0.5, 0.6) is 11.6 Å². The zero-order chi connectivity index (χ0) is 13.8. The standard InChI is InChI=1S/C14H16N4O2/c1-19-14-5-13(16-10-17-14)18-7-11(8-18)9-20-12-3-2-4-15-6-12/h2-6,10-11H,7-9H2,1H3. The van der Waals surface area contributed by atoms with Gasteiger partial charge in [-0.25, -0.2) is 9.97 Å². The monoisotopic (exact) mass is 272 g/mol. The molecule has 2 aromatic rings. The molecule has 0 bridgehead atoms. The molecule has 0 unspecified atom stereocenters. The highest BCUT2D eigenvalue weighted by atomic mass is 16.5. The molecular formula is C14H16N4O2. The van der Waals surface area contributed by atoms with Crippen molar-refractivity contribution in [2.24, 2.45) is 5.92 Å². The minimum absolute atomic E-state index is 0.510. The van der Waals surface area contributed by atoms with Crippen LogP contribution in [0.15, 0.2) is 36.9 Å². The lowest BCUT2D eigenvalue weighted by atomic mass is 10.0. The van der Waals surface area contributed by atoms with Gasteiger partial charge in [0, 0.05) is 31.3 Å². The summed E-state index contributed by atoms with van der Waals surface area (Å²) in [5.41, 5.74) is 0. The van der Waals surface area contributed by atoms with E-state index in [0.29, 0.717) is 18.4 Å². The van der Waals surface area contributed by atoms with Crippen molar-refractivity contribution in [1.29, 1.82) is 0 Å². The van der Waals surface area contributed by atoms with E-state index in [-0.39, 0.29) is 0 Å². The highest BCUT2D eigenvalue weighted by molar-refractivity contribution is 5.43. The number of hydrogen-bond donors (Lipinski definition) is 0. The molecule has 6 heteroatoms. The van der Waals surface area contributed by atoms with Crippen LogP contribution < -0.4 is 14.4 Å². The number of rotatable bonds is 5. The van der Waals surface area contributed by atoms with Crippen LogP contribution in [-0.2, 0) is 0 Å². The van der Waals surface area contributed by atoms with E-state index in [2.05, 4.69) is 19.9 Å². The Hall–Kier alpha value is -2.37. The second-order valence-corrected chi connectivity index (χ2v) is 4.69. The van der Waals surface area contributed by atoms with E-state index in [4.69, 9.17) is 9.47 Å². The van der Waals surface area contributed by atoms with Gasteiger partial charge in [-0.2, -0.15) is 0 Å². The molecule has 1 aliphatic rings. The Bertz CT molecular complexity index is 558. The van der Waals surface area contributed by atoms with Crippen LogP contribution in [0.25, 0.3) is 0 Å². The third-order valence-electron chi connectivity index (χ3n) is 3.24. The summed E-state index contributed by atoms with van der Waals surface area (Å²) in [5.74, 6) is 2.81. The fourth-order valence-corrected chi connectivity index (χ4v) is 2.12. The molecule has 0 N–H and O–H groups in total. The van der Waals surface area contributed by atoms with E-state index in [1.165, 1.54) is 6.33 Å². The molecule has 2 aromatic heterocycles. The maximum Gasteiger partial charge on any atom is 0.218 e. The maximum atomic E-state index is 5.69. The molecule has 6 nitrogen and oxygen atoms in total. The van der Waals surface area contributed by atoms with E-state index in [0.717, 1.165) is 24.7 Å². The summed E-state index contributed by atoms with van der Waals surface area (Å²) in [6.45, 7) is 2.56. The summed E-state index contributed by atoms with van der Waals surface area (Å²) in [4.78, 5) is 14.5. The first-order valence-electron chi connectivity index (χ1n) is 6.49. The molecule has 3 rings (SSSR count). The van der Waals surface area contributed by atoms with E-state index in [1.54, 1.807) is 19.5 Å². The average molecular weight is 272 g/mol. The van der Waals surface area contributed by atoms with Crippen molar-refractivity contribution in [3.8, 4) is 11.6 Å². The Morgan fingerprint density at radius 2 is 2.25 bits per heavy atom. The lowest BCUT2D eigenvalue weighted by Gasteiger charge is -2.39. The number of pyridine rings is 1. The zero-order valence-electron chi connectivity index (χ0n) is 11.3. The summed E-state index contributed by atoms with van der Waals surface area (Å²) >= 11 is 0. The van der Waals surface area contributed by atoms with Crippen molar-refractivity contribution in [3.63, 3.8) is 0 Å². The van der Waals surface area contributed by atoms with Crippen molar-refractivity contribution in [2.45, 2.75) is 0 Å². The van der Waals surface area contributed by atoms with Crippen LogP contribution in [0.4, 0.5) is 5.82 Å². The van der Waals surface area contributed by atoms with Gasteiger partial charge in [0.1, 0.15) is 17.9 Å². The van der Waals surface area contributed by atoms with Crippen LogP contribution in [0.2, 0.25) is 0 Å². The highest BCUT2D eigenvalue weighted by Crippen LogP contribution is 2.24. The fraction of sp³-hybridized carbons (Fsp3) is 0.357. The number of nitrogens with zero attached hydrogens (tertiary/aromatic N) is 4. The Kier molecular flexibility index (Phi) is 3.62. The Morgan fingerprint density at radius 3 is 3.00 bits per heavy atom. The fourth-order valence-electron chi connectivity index (χ4n) is 2.12. The quantitative estimate of drug-likeness (QED) is 0.820. The molecule has 0 spiro atoms. The SMILES string of the molecule is COc1cc(N2CC(COc3cccnc3)C2)ncn1. The Morgan fingerprint density at radius 1 is 1.35 bits per heavy atom. The van der Waals surface area contributed by atoms with Gasteiger partial charge in [-0.05, 0) is 12.1 Å². The van der Waals surface area contributed by atoms with Crippen LogP contribution in [0, 0.1) is 5.92 Å². The molecule has 0 aliphatic carbocycles. The van der Waals surface area contributed by atoms with Crippen LogP contribution in [0.1, 0.15) is 0 Å². The average Bonchev–Trinajstić information content (AvgIpc) is 2.47. The molecule has 0 aromatic carbocycles. The van der Waals surface area contributed by atoms with Crippen LogP contribution in [-0.4, -0.2) is 41.8 Å². The third-order valence-corrected chi connectivity index (χ3v) is 3.24. The summed E-state index contributed by atoms with van der Waals surface area (Å²) in [6, 6.07) is 5.63. The van der Waals surface area contributed by atoms with E-state index < -0.39 is 0 Å². The number of hydrogen-bond acceptors (Lipinski definition) is 6. The molecule has 1 aliphatic heterocycles. The van der Waals surface area contributed by atoms with Crippen molar-refractivity contribution < 1.29 is 9.47 Å². The van der Waals surface area contributed by atoms with Gasteiger partial charge in [0.25, 0.3) is 0 Å². The predicted octanol–water partition coefficient (Wildman–Crippen LogP) is 1.40. The minimum Gasteiger partial charge on any atom is -0.492 e. The summed E-state index contributed by atoms with van der Waals surface area (Å²) in [7, 11) is 1.60. The first kappa shape index (κ1) is 12.7. The van der Waals surface area contributed by atoms with Crippen LogP contribution >= 0.6 is 0 Å². The van der Waals surface area contributed by atoms with E-state index in [1.807, 2.05) is 18.2 Å². The molecule has 3 heterocycles. The second-order valence-electron chi connectivity index (χ2n) is 4.69. The van der Waals surface area contributed by atoms with Gasteiger partial charge in [0.05, 0.1) is 19.9 Å². The molecule has 0 radical (unpaired) electrons. The molecule has 1 fully saturated rings. The molecule has 0 saturated carbocycles. The van der Waals surface area contributed by atoms with Crippen molar-refractivity contribution in [3.05, 3.63) is 36.9 Å². The number of anilines is 1. The number of ether oxygens (including phenoxy) is 2. The minimum atomic E-state index is 0.510.